The summed E-state index contributed by atoms with van der Waals surface area (Å²) in [5.41, 5.74) is 3.47. The van der Waals surface area contributed by atoms with Crippen molar-refractivity contribution in [3.05, 3.63) is 71.2 Å². The molecular weight excluding hydrogens is 429 g/mol. The number of carbonyl (C=O) groups excluding carboxylic acids is 2. The number of ketones is 1. The average Bonchev–Trinajstić information content (AvgIpc) is 3.49. The Morgan fingerprint density at radius 2 is 1.76 bits per heavy atom. The number of aromatic amines is 1. The summed E-state index contributed by atoms with van der Waals surface area (Å²) in [5.74, 6) is -0.0805. The maximum atomic E-state index is 13.3. The number of aryl methyl sites for hydroxylation is 1. The molecule has 1 atom stereocenters. The van der Waals surface area contributed by atoms with Gasteiger partial charge in [0.1, 0.15) is 11.5 Å². The van der Waals surface area contributed by atoms with Crippen LogP contribution in [0.5, 0.6) is 0 Å². The third kappa shape index (κ3) is 4.78. The second-order valence-corrected chi connectivity index (χ2v) is 9.84. The van der Waals surface area contributed by atoms with E-state index in [0.29, 0.717) is 11.3 Å². The van der Waals surface area contributed by atoms with Crippen molar-refractivity contribution in [2.24, 2.45) is 5.92 Å². The second kappa shape index (κ2) is 9.71. The summed E-state index contributed by atoms with van der Waals surface area (Å²) in [6.07, 6.45) is 4.71. The van der Waals surface area contributed by atoms with Gasteiger partial charge in [-0.3, -0.25) is 9.59 Å². The summed E-state index contributed by atoms with van der Waals surface area (Å²) in [4.78, 5) is 33.8. The van der Waals surface area contributed by atoms with Gasteiger partial charge in [0.05, 0.1) is 0 Å². The number of halogens is 1. The van der Waals surface area contributed by atoms with Gasteiger partial charge in [-0.2, -0.15) is 0 Å². The Hall–Kier alpha value is -2.99. The molecule has 178 valence electrons. The maximum absolute atomic E-state index is 13.3. The molecule has 34 heavy (non-hydrogen) atoms. The van der Waals surface area contributed by atoms with E-state index >= 15 is 0 Å². The number of hydrogen-bond donors (Lipinski definition) is 1. The molecule has 3 aromatic rings. The van der Waals surface area contributed by atoms with Gasteiger partial charge in [0.15, 0.2) is 5.78 Å². The van der Waals surface area contributed by atoms with Crippen molar-refractivity contribution in [3.8, 4) is 0 Å². The second-order valence-electron chi connectivity index (χ2n) is 9.84. The number of Topliss-reactive ketones (excluding diaryl/α,β-unsaturated/α-hetero) is 1. The van der Waals surface area contributed by atoms with Crippen LogP contribution in [0.25, 0.3) is 10.9 Å². The summed E-state index contributed by atoms with van der Waals surface area (Å²) in [6.45, 7) is 5.59. The molecule has 1 aromatic heterocycles. The Labute approximate surface area is 199 Å². The summed E-state index contributed by atoms with van der Waals surface area (Å²) in [5, 5.41) is 1.07. The van der Waals surface area contributed by atoms with Gasteiger partial charge >= 0.3 is 0 Å². The zero-order valence-electron chi connectivity index (χ0n) is 19.7. The van der Waals surface area contributed by atoms with Gasteiger partial charge < -0.3 is 14.8 Å². The normalized spacial score (nSPS) is 19.7. The van der Waals surface area contributed by atoms with Gasteiger partial charge in [0, 0.05) is 41.5 Å². The Bertz CT molecular complexity index is 1180. The Kier molecular flexibility index (Phi) is 6.50. The predicted octanol–water partition coefficient (Wildman–Crippen LogP) is 5.21. The largest absolute Gasteiger partial charge is 0.351 e. The number of amides is 1. The first-order valence-corrected chi connectivity index (χ1v) is 12.4. The van der Waals surface area contributed by atoms with Gasteiger partial charge in [0.25, 0.3) is 5.91 Å². The Morgan fingerprint density at radius 3 is 2.53 bits per heavy atom. The van der Waals surface area contributed by atoms with Crippen molar-refractivity contribution >= 4 is 22.6 Å². The third-order valence-electron chi connectivity index (χ3n) is 7.51. The minimum Gasteiger partial charge on any atom is -0.351 e. The number of nitrogens with zero attached hydrogens (tertiary/aromatic N) is 2. The van der Waals surface area contributed by atoms with Crippen molar-refractivity contribution in [2.45, 2.75) is 45.1 Å². The first-order chi connectivity index (χ1) is 16.5. The molecule has 1 N–H and O–H groups in total. The first-order valence-electron chi connectivity index (χ1n) is 12.4. The van der Waals surface area contributed by atoms with Gasteiger partial charge in [-0.1, -0.05) is 12.1 Å². The lowest BCUT2D eigenvalue weighted by atomic mass is 9.88. The summed E-state index contributed by atoms with van der Waals surface area (Å²) in [6, 6.07) is 14.3. The molecule has 0 bridgehead atoms. The van der Waals surface area contributed by atoms with Crippen molar-refractivity contribution in [3.63, 3.8) is 0 Å². The summed E-state index contributed by atoms with van der Waals surface area (Å²) in [7, 11) is 0. The zero-order chi connectivity index (χ0) is 23.7. The number of likely N-dealkylation sites (tertiary alicyclic amines) is 2. The summed E-state index contributed by atoms with van der Waals surface area (Å²) >= 11 is 0. The molecule has 2 aliphatic heterocycles. The maximum Gasteiger partial charge on any atom is 0.270 e. The van der Waals surface area contributed by atoms with E-state index in [9.17, 15) is 14.0 Å². The smallest absolute Gasteiger partial charge is 0.270 e. The van der Waals surface area contributed by atoms with Crippen LogP contribution in [-0.4, -0.2) is 58.7 Å². The average molecular weight is 462 g/mol. The van der Waals surface area contributed by atoms with E-state index in [-0.39, 0.29) is 29.5 Å². The molecule has 0 unspecified atom stereocenters. The van der Waals surface area contributed by atoms with Crippen molar-refractivity contribution in [1.29, 1.82) is 0 Å². The molecule has 1 amide bonds. The number of benzene rings is 2. The van der Waals surface area contributed by atoms with E-state index in [1.54, 1.807) is 12.1 Å². The fourth-order valence-electron chi connectivity index (χ4n) is 5.51. The monoisotopic (exact) mass is 461 g/mol. The number of H-pyrrole nitrogens is 1. The van der Waals surface area contributed by atoms with Gasteiger partial charge in [-0.25, -0.2) is 4.39 Å². The molecule has 5 rings (SSSR count). The molecule has 0 radical (unpaired) electrons. The van der Waals surface area contributed by atoms with E-state index in [4.69, 9.17) is 0 Å². The lowest BCUT2D eigenvalue weighted by molar-refractivity contribution is 0.0700. The quantitative estimate of drug-likeness (QED) is 0.513. The van der Waals surface area contributed by atoms with Crippen molar-refractivity contribution in [2.75, 3.05) is 26.2 Å². The number of carbonyl (C=O) groups is 2. The third-order valence-corrected chi connectivity index (χ3v) is 7.51. The molecule has 0 spiro atoms. The Morgan fingerprint density at radius 1 is 1.00 bits per heavy atom. The van der Waals surface area contributed by atoms with Crippen LogP contribution in [0, 0.1) is 18.7 Å². The number of fused-ring (bicyclic) bond motifs is 1. The van der Waals surface area contributed by atoms with E-state index < -0.39 is 0 Å². The fraction of sp³-hybridized carbons (Fsp3) is 0.429. The highest BCUT2D eigenvalue weighted by molar-refractivity contribution is 5.98. The number of nitrogens with one attached hydrogen (secondary N) is 1. The van der Waals surface area contributed by atoms with Crippen LogP contribution in [0.3, 0.4) is 0 Å². The lowest BCUT2D eigenvalue weighted by Gasteiger charge is -2.33. The highest BCUT2D eigenvalue weighted by atomic mass is 19.1. The van der Waals surface area contributed by atoms with Crippen LogP contribution in [0.15, 0.2) is 48.5 Å². The summed E-state index contributed by atoms with van der Waals surface area (Å²) < 4.78 is 13.1. The van der Waals surface area contributed by atoms with Crippen LogP contribution < -0.4 is 0 Å². The molecule has 0 aliphatic carbocycles. The molecule has 5 nitrogen and oxygen atoms in total. The topological polar surface area (TPSA) is 56.4 Å². The van der Waals surface area contributed by atoms with E-state index in [1.165, 1.54) is 17.7 Å². The number of rotatable bonds is 6. The molecule has 2 aliphatic rings. The SMILES string of the molecule is Cc1ccc2cc(C(=O)N3CCC[C@H]3CCN3CCC(C(=O)c4ccc(F)cc4)CC3)[nH]c2c1. The van der Waals surface area contributed by atoms with Crippen molar-refractivity contribution in [1.82, 2.24) is 14.8 Å². The minimum atomic E-state index is -0.314. The van der Waals surface area contributed by atoms with Gasteiger partial charge in [0.2, 0.25) is 0 Å². The molecule has 2 aromatic carbocycles. The minimum absolute atomic E-state index is 0.0110. The van der Waals surface area contributed by atoms with Gasteiger partial charge in [-0.05, 0) is 94.1 Å². The van der Waals surface area contributed by atoms with Crippen LogP contribution in [-0.2, 0) is 0 Å². The number of piperidine rings is 1. The molecule has 2 fully saturated rings. The first kappa shape index (κ1) is 22.8. The molecule has 0 saturated carbocycles. The molecule has 3 heterocycles. The lowest BCUT2D eigenvalue weighted by Crippen LogP contribution is -2.41. The van der Waals surface area contributed by atoms with Crippen LogP contribution in [0.2, 0.25) is 0 Å². The molecular formula is C28H32FN3O2. The fourth-order valence-corrected chi connectivity index (χ4v) is 5.51. The number of hydrogen-bond acceptors (Lipinski definition) is 3. The molecule has 6 heteroatoms. The van der Waals surface area contributed by atoms with Crippen LogP contribution in [0.1, 0.15) is 58.5 Å². The Balaban J connectivity index is 1.14. The van der Waals surface area contributed by atoms with E-state index in [0.717, 1.165) is 69.2 Å². The van der Waals surface area contributed by atoms with Crippen LogP contribution >= 0.6 is 0 Å². The van der Waals surface area contributed by atoms with E-state index in [2.05, 4.69) is 35.0 Å². The highest BCUT2D eigenvalue weighted by Gasteiger charge is 2.31. The predicted molar refractivity (Wildman–Crippen MR) is 132 cm³/mol. The molecule has 2 saturated heterocycles. The van der Waals surface area contributed by atoms with Crippen LogP contribution in [0.4, 0.5) is 4.39 Å². The van der Waals surface area contributed by atoms with Crippen molar-refractivity contribution < 1.29 is 14.0 Å². The zero-order valence-corrected chi connectivity index (χ0v) is 19.7. The van der Waals surface area contributed by atoms with E-state index in [1.807, 2.05) is 11.0 Å². The standard InChI is InChI=1S/C28H32FN3O2/c1-19-4-5-22-18-26(30-25(22)17-19)28(34)32-13-2-3-24(32)12-16-31-14-10-21(11-15-31)27(33)20-6-8-23(29)9-7-20/h4-9,17-18,21,24,30H,2-3,10-16H2,1H3/t24-/m0/s1. The highest BCUT2D eigenvalue weighted by Crippen LogP contribution is 2.27. The number of aromatic nitrogens is 1. The van der Waals surface area contributed by atoms with Gasteiger partial charge in [-0.15, -0.1) is 0 Å².